The van der Waals surface area contributed by atoms with E-state index in [1.54, 1.807) is 13.4 Å². The maximum Gasteiger partial charge on any atom is 0.221 e. The molecule has 0 saturated heterocycles. The van der Waals surface area contributed by atoms with Crippen LogP contribution in [0.5, 0.6) is 5.75 Å². The average molecular weight is 521 g/mol. The molecule has 0 aliphatic rings. The normalized spacial score (nSPS) is 12.4. The van der Waals surface area contributed by atoms with Gasteiger partial charge in [-0.05, 0) is 58.0 Å². The fraction of sp³-hybridized carbons (Fsp3) is 0.265. The van der Waals surface area contributed by atoms with Crippen LogP contribution in [0.25, 0.3) is 10.9 Å². The molecule has 200 valence electrons. The SMILES string of the molecule is COc1ccc(Cn2cc([C@H](CC(=O)NCc3ccco3)c3ccc(C(C)(C)C)cc3)c3ccccc32)cc1. The number of carbonyl (C=O) groups is 1. The second-order valence-corrected chi connectivity index (χ2v) is 11.1. The van der Waals surface area contributed by atoms with Crippen LogP contribution in [0.2, 0.25) is 0 Å². The number of rotatable bonds is 9. The zero-order chi connectivity index (χ0) is 27.4. The lowest BCUT2D eigenvalue weighted by atomic mass is 9.83. The summed E-state index contributed by atoms with van der Waals surface area (Å²) in [6.45, 7) is 7.75. The molecule has 0 saturated carbocycles. The van der Waals surface area contributed by atoms with Gasteiger partial charge in [0.25, 0.3) is 0 Å². The van der Waals surface area contributed by atoms with Crippen LogP contribution in [-0.2, 0) is 23.3 Å². The van der Waals surface area contributed by atoms with Crippen molar-refractivity contribution in [1.82, 2.24) is 9.88 Å². The highest BCUT2D eigenvalue weighted by atomic mass is 16.5. The molecule has 1 amide bonds. The van der Waals surface area contributed by atoms with Gasteiger partial charge in [0.05, 0.1) is 19.9 Å². The van der Waals surface area contributed by atoms with Crippen molar-refractivity contribution in [2.75, 3.05) is 7.11 Å². The first-order chi connectivity index (χ1) is 18.8. The summed E-state index contributed by atoms with van der Waals surface area (Å²) in [5, 5.41) is 4.21. The van der Waals surface area contributed by atoms with Crippen LogP contribution in [0.1, 0.15) is 61.1 Å². The van der Waals surface area contributed by atoms with Gasteiger partial charge in [-0.1, -0.05) is 75.4 Å². The second-order valence-electron chi connectivity index (χ2n) is 11.1. The van der Waals surface area contributed by atoms with Crippen molar-refractivity contribution in [1.29, 1.82) is 0 Å². The monoisotopic (exact) mass is 520 g/mol. The summed E-state index contributed by atoms with van der Waals surface area (Å²) in [4.78, 5) is 13.2. The molecular formula is C34H36N2O3. The summed E-state index contributed by atoms with van der Waals surface area (Å²) >= 11 is 0. The third-order valence-electron chi connectivity index (χ3n) is 7.32. The van der Waals surface area contributed by atoms with E-state index in [1.165, 1.54) is 11.1 Å². The lowest BCUT2D eigenvalue weighted by Gasteiger charge is -2.22. The molecule has 0 radical (unpaired) electrons. The van der Waals surface area contributed by atoms with Gasteiger partial charge in [-0.25, -0.2) is 0 Å². The number of benzene rings is 3. The fourth-order valence-electron chi connectivity index (χ4n) is 5.09. The zero-order valence-electron chi connectivity index (χ0n) is 23.1. The van der Waals surface area contributed by atoms with E-state index < -0.39 is 0 Å². The standard InChI is InChI=1S/C34H36N2O3/c1-34(2,3)26-15-13-25(14-16-26)30(20-33(37)35-21-28-8-7-19-39-28)31-23-36(32-10-6-5-9-29(31)32)22-24-11-17-27(38-4)18-12-24/h5-19,23,30H,20-22H2,1-4H3,(H,35,37)/t30-/m1/s1. The number of para-hydroxylation sites is 1. The minimum absolute atomic E-state index is 0.0108. The minimum Gasteiger partial charge on any atom is -0.497 e. The van der Waals surface area contributed by atoms with Crippen molar-refractivity contribution in [2.24, 2.45) is 0 Å². The lowest BCUT2D eigenvalue weighted by Crippen LogP contribution is -2.24. The molecule has 2 heterocycles. The molecule has 3 aromatic carbocycles. The van der Waals surface area contributed by atoms with Gasteiger partial charge >= 0.3 is 0 Å². The molecule has 0 spiro atoms. The van der Waals surface area contributed by atoms with Gasteiger partial charge in [-0.2, -0.15) is 0 Å². The smallest absolute Gasteiger partial charge is 0.221 e. The molecule has 0 bridgehead atoms. The van der Waals surface area contributed by atoms with Gasteiger partial charge in [0.2, 0.25) is 5.91 Å². The van der Waals surface area contributed by atoms with Crippen LogP contribution in [-0.4, -0.2) is 17.6 Å². The van der Waals surface area contributed by atoms with E-state index in [4.69, 9.17) is 9.15 Å². The van der Waals surface area contributed by atoms with Crippen molar-refractivity contribution in [3.8, 4) is 5.75 Å². The number of carbonyl (C=O) groups excluding carboxylic acids is 1. The van der Waals surface area contributed by atoms with Crippen molar-refractivity contribution in [3.63, 3.8) is 0 Å². The molecule has 39 heavy (non-hydrogen) atoms. The molecule has 0 aliphatic heterocycles. The maximum absolute atomic E-state index is 13.2. The van der Waals surface area contributed by atoms with Gasteiger partial charge in [-0.3, -0.25) is 4.79 Å². The number of amides is 1. The Morgan fingerprint density at radius 2 is 1.69 bits per heavy atom. The zero-order valence-corrected chi connectivity index (χ0v) is 23.1. The molecule has 5 aromatic rings. The van der Waals surface area contributed by atoms with Crippen LogP contribution in [0.15, 0.2) is 102 Å². The number of hydrogen-bond donors (Lipinski definition) is 1. The number of fused-ring (bicyclic) bond motifs is 1. The summed E-state index contributed by atoms with van der Waals surface area (Å²) in [5.41, 5.74) is 5.94. The predicted octanol–water partition coefficient (Wildman–Crippen LogP) is 7.43. The van der Waals surface area contributed by atoms with E-state index in [1.807, 2.05) is 24.3 Å². The Bertz CT molecular complexity index is 1520. The number of methoxy groups -OCH3 is 1. The predicted molar refractivity (Wildman–Crippen MR) is 156 cm³/mol. The largest absolute Gasteiger partial charge is 0.497 e. The van der Waals surface area contributed by atoms with E-state index >= 15 is 0 Å². The van der Waals surface area contributed by atoms with Crippen LogP contribution >= 0.6 is 0 Å². The highest BCUT2D eigenvalue weighted by Gasteiger charge is 2.24. The minimum atomic E-state index is -0.0994. The van der Waals surface area contributed by atoms with Crippen molar-refractivity contribution in [3.05, 3.63) is 125 Å². The highest BCUT2D eigenvalue weighted by Crippen LogP contribution is 2.36. The number of aromatic nitrogens is 1. The molecule has 5 nitrogen and oxygen atoms in total. The topological polar surface area (TPSA) is 56.4 Å². The van der Waals surface area contributed by atoms with Crippen molar-refractivity contribution >= 4 is 16.8 Å². The average Bonchev–Trinajstić information content (AvgIpc) is 3.59. The lowest BCUT2D eigenvalue weighted by molar-refractivity contribution is -0.121. The van der Waals surface area contributed by atoms with Gasteiger partial charge in [0.1, 0.15) is 11.5 Å². The number of furan rings is 1. The van der Waals surface area contributed by atoms with Gasteiger partial charge in [0.15, 0.2) is 0 Å². The van der Waals surface area contributed by atoms with Gasteiger partial charge in [-0.15, -0.1) is 0 Å². The Labute approximate surface area is 230 Å². The quantitative estimate of drug-likeness (QED) is 0.220. The molecular weight excluding hydrogens is 484 g/mol. The Kier molecular flexibility index (Phi) is 7.60. The maximum atomic E-state index is 13.2. The number of nitrogens with one attached hydrogen (secondary N) is 1. The number of hydrogen-bond acceptors (Lipinski definition) is 3. The van der Waals surface area contributed by atoms with Crippen molar-refractivity contribution < 1.29 is 13.9 Å². The molecule has 0 aliphatic carbocycles. The summed E-state index contributed by atoms with van der Waals surface area (Å²) in [5.74, 6) is 1.47. The Morgan fingerprint density at radius 1 is 0.949 bits per heavy atom. The number of ether oxygens (including phenoxy) is 1. The van der Waals surface area contributed by atoms with E-state index in [0.29, 0.717) is 13.0 Å². The first-order valence-corrected chi connectivity index (χ1v) is 13.4. The van der Waals surface area contributed by atoms with E-state index in [0.717, 1.165) is 40.1 Å². The summed E-state index contributed by atoms with van der Waals surface area (Å²) in [7, 11) is 1.68. The molecule has 2 aromatic heterocycles. The first kappa shape index (κ1) is 26.4. The van der Waals surface area contributed by atoms with E-state index in [2.05, 4.69) is 97.5 Å². The first-order valence-electron chi connectivity index (χ1n) is 13.4. The summed E-state index contributed by atoms with van der Waals surface area (Å²) in [6.07, 6.45) is 4.18. The molecule has 0 unspecified atom stereocenters. The molecule has 5 rings (SSSR count). The van der Waals surface area contributed by atoms with Crippen molar-refractivity contribution in [2.45, 2.75) is 51.6 Å². The van der Waals surface area contributed by atoms with Gasteiger partial charge in [0, 0.05) is 36.0 Å². The molecule has 0 fully saturated rings. The molecule has 1 atom stereocenters. The van der Waals surface area contributed by atoms with Crippen LogP contribution < -0.4 is 10.1 Å². The van der Waals surface area contributed by atoms with Crippen LogP contribution in [0, 0.1) is 0 Å². The Morgan fingerprint density at radius 3 is 2.36 bits per heavy atom. The highest BCUT2D eigenvalue weighted by molar-refractivity contribution is 5.86. The molecule has 5 heteroatoms. The third kappa shape index (κ3) is 6.09. The van der Waals surface area contributed by atoms with Crippen LogP contribution in [0.3, 0.4) is 0 Å². The Balaban J connectivity index is 1.51. The fourth-order valence-corrected chi connectivity index (χ4v) is 5.09. The number of nitrogens with zero attached hydrogens (tertiary/aromatic N) is 1. The van der Waals surface area contributed by atoms with Gasteiger partial charge < -0.3 is 19.0 Å². The Hall–Kier alpha value is -4.25. The molecule has 1 N–H and O–H groups in total. The summed E-state index contributed by atoms with van der Waals surface area (Å²) < 4.78 is 13.0. The van der Waals surface area contributed by atoms with E-state index in [9.17, 15) is 4.79 Å². The third-order valence-corrected chi connectivity index (χ3v) is 7.32. The van der Waals surface area contributed by atoms with Crippen LogP contribution in [0.4, 0.5) is 0 Å². The van der Waals surface area contributed by atoms with E-state index in [-0.39, 0.29) is 17.2 Å². The summed E-state index contributed by atoms with van der Waals surface area (Å²) in [6, 6.07) is 29.1. The second kappa shape index (κ2) is 11.2.